The molecular formula is C45H39I2N9O3S3. The van der Waals surface area contributed by atoms with Crippen LogP contribution >= 0.6 is 81.3 Å². The van der Waals surface area contributed by atoms with Gasteiger partial charge in [-0.05, 0) is 124 Å². The SMILES string of the molecule is CNC(=O)c1ccccc1S.CNC(=O)c1ccccc1Sc1ccc2c(I)[nH]nc2c1.CNC(=O)c1ccccc1Sc1ccc2cn[nH]c2c1.Ic1ccc2cn[nH]c2c1. The van der Waals surface area contributed by atoms with Gasteiger partial charge in [-0.15, -0.1) is 12.6 Å². The molecule has 314 valence electrons. The lowest BCUT2D eigenvalue weighted by atomic mass is 10.2. The Balaban J connectivity index is 0.000000145. The molecule has 3 amide bonds. The molecular weight excluding hydrogens is 1060 g/mol. The molecule has 0 unspecified atom stereocenters. The van der Waals surface area contributed by atoms with Crippen LogP contribution < -0.4 is 16.0 Å². The highest BCUT2D eigenvalue weighted by molar-refractivity contribution is 14.1. The molecule has 0 fully saturated rings. The fourth-order valence-corrected chi connectivity index (χ4v) is 9.01. The van der Waals surface area contributed by atoms with Crippen molar-refractivity contribution in [3.05, 3.63) is 164 Å². The summed E-state index contributed by atoms with van der Waals surface area (Å²) >= 11 is 11.8. The van der Waals surface area contributed by atoms with Crippen molar-refractivity contribution >= 4 is 132 Å². The standard InChI is InChI=1S/C15H12IN3OS.C15H13N3OS.C8H9NOS.C7H5IN2/c1-17-15(20)11-4-2-3-5-13(11)21-9-6-7-10-12(8-9)18-19-14(10)16;1-16-15(19)12-4-2-3-5-14(12)20-11-7-6-10-9-17-18-13(10)8-11;1-9-8(10)6-4-2-3-5-7(6)11;8-6-2-1-5-4-9-10-7(5)3-6/h2-8H,1H3,(H,17,20)(H,18,19);2-9H,1H3,(H,16,19)(H,17,18);2-5,11H,1H3,(H,9,10);1-4H,(H,9,10). The maximum absolute atomic E-state index is 11.9. The van der Waals surface area contributed by atoms with Crippen molar-refractivity contribution in [3.8, 4) is 0 Å². The first-order chi connectivity index (χ1) is 30.1. The number of hydrogen-bond donors (Lipinski definition) is 7. The normalized spacial score (nSPS) is 10.4. The molecule has 3 heterocycles. The van der Waals surface area contributed by atoms with Gasteiger partial charge in [0.15, 0.2) is 0 Å². The summed E-state index contributed by atoms with van der Waals surface area (Å²) in [5.41, 5.74) is 5.01. The second kappa shape index (κ2) is 22.7. The van der Waals surface area contributed by atoms with Crippen molar-refractivity contribution in [2.24, 2.45) is 0 Å². The number of nitrogens with one attached hydrogen (secondary N) is 6. The third-order valence-electron chi connectivity index (χ3n) is 8.85. The summed E-state index contributed by atoms with van der Waals surface area (Å²) in [6.45, 7) is 0. The number of aromatic amines is 3. The third-order valence-corrected chi connectivity index (χ3v) is 12.9. The van der Waals surface area contributed by atoms with Gasteiger partial charge in [0.05, 0.1) is 45.6 Å². The van der Waals surface area contributed by atoms with Gasteiger partial charge in [-0.25, -0.2) is 0 Å². The van der Waals surface area contributed by atoms with E-state index in [0.717, 1.165) is 50.6 Å². The van der Waals surface area contributed by atoms with Gasteiger partial charge < -0.3 is 16.0 Å². The molecule has 12 nitrogen and oxygen atoms in total. The van der Waals surface area contributed by atoms with Crippen LogP contribution in [0, 0.1) is 7.27 Å². The molecule has 0 bridgehead atoms. The molecule has 9 aromatic rings. The molecule has 0 aliphatic heterocycles. The Hall–Kier alpha value is -5.35. The molecule has 9 rings (SSSR count). The molecule has 0 spiro atoms. The summed E-state index contributed by atoms with van der Waals surface area (Å²) in [4.78, 5) is 39.5. The number of thiol groups is 1. The van der Waals surface area contributed by atoms with E-state index >= 15 is 0 Å². The van der Waals surface area contributed by atoms with Gasteiger partial charge >= 0.3 is 0 Å². The molecule has 6 aromatic carbocycles. The molecule has 0 saturated carbocycles. The van der Waals surface area contributed by atoms with Gasteiger partial charge in [0, 0.05) is 65.3 Å². The number of carbonyl (C=O) groups is 3. The topological polar surface area (TPSA) is 173 Å². The second-order valence-corrected chi connectivity index (χ2v) is 17.9. The van der Waals surface area contributed by atoms with Crippen LogP contribution in [0.5, 0.6) is 0 Å². The minimum absolute atomic E-state index is 0.0734. The monoisotopic (exact) mass is 1100 g/mol. The van der Waals surface area contributed by atoms with Crippen LogP contribution in [0.15, 0.2) is 164 Å². The van der Waals surface area contributed by atoms with Gasteiger partial charge in [-0.3, -0.25) is 29.7 Å². The first kappa shape index (κ1) is 46.2. The molecule has 17 heteroatoms. The molecule has 0 aliphatic carbocycles. The van der Waals surface area contributed by atoms with Crippen molar-refractivity contribution in [2.75, 3.05) is 21.1 Å². The van der Waals surface area contributed by atoms with Gasteiger partial charge in [0.2, 0.25) is 0 Å². The van der Waals surface area contributed by atoms with Gasteiger partial charge in [0.25, 0.3) is 17.7 Å². The van der Waals surface area contributed by atoms with Crippen molar-refractivity contribution in [1.29, 1.82) is 0 Å². The second-order valence-electron chi connectivity index (χ2n) is 12.9. The Morgan fingerprint density at radius 1 is 0.565 bits per heavy atom. The zero-order chi connectivity index (χ0) is 44.0. The summed E-state index contributed by atoms with van der Waals surface area (Å²) in [7, 11) is 4.88. The Labute approximate surface area is 398 Å². The highest BCUT2D eigenvalue weighted by Crippen LogP contribution is 2.34. The van der Waals surface area contributed by atoms with E-state index in [-0.39, 0.29) is 17.7 Å². The van der Waals surface area contributed by atoms with Crippen molar-refractivity contribution in [3.63, 3.8) is 0 Å². The molecule has 0 radical (unpaired) electrons. The molecule has 0 saturated heterocycles. The number of hydrogen-bond acceptors (Lipinski definition) is 9. The van der Waals surface area contributed by atoms with Crippen LogP contribution in [0.25, 0.3) is 32.7 Å². The third kappa shape index (κ3) is 12.2. The minimum Gasteiger partial charge on any atom is -0.355 e. The molecule has 6 N–H and O–H groups in total. The van der Waals surface area contributed by atoms with E-state index in [1.165, 1.54) is 8.96 Å². The number of carbonyl (C=O) groups excluding carboxylic acids is 3. The van der Waals surface area contributed by atoms with Crippen LogP contribution in [0.1, 0.15) is 31.1 Å². The number of aromatic nitrogens is 6. The van der Waals surface area contributed by atoms with Crippen molar-refractivity contribution < 1.29 is 14.4 Å². The number of rotatable bonds is 7. The van der Waals surface area contributed by atoms with Crippen LogP contribution in [-0.4, -0.2) is 69.5 Å². The zero-order valence-corrected chi connectivity index (χ0v) is 40.2. The molecule has 0 aliphatic rings. The van der Waals surface area contributed by atoms with E-state index in [0.29, 0.717) is 21.6 Å². The van der Waals surface area contributed by atoms with Crippen LogP contribution in [-0.2, 0) is 0 Å². The Bertz CT molecular complexity index is 2970. The maximum atomic E-state index is 11.9. The fraction of sp³-hybridized carbons (Fsp3) is 0.0667. The highest BCUT2D eigenvalue weighted by Gasteiger charge is 2.13. The van der Waals surface area contributed by atoms with E-state index in [2.05, 4.69) is 123 Å². The Morgan fingerprint density at radius 3 is 1.63 bits per heavy atom. The van der Waals surface area contributed by atoms with Crippen LogP contribution in [0.3, 0.4) is 0 Å². The first-order valence-electron chi connectivity index (χ1n) is 18.7. The number of halogens is 2. The number of H-pyrrole nitrogens is 3. The first-order valence-corrected chi connectivity index (χ1v) is 23.0. The van der Waals surface area contributed by atoms with E-state index in [4.69, 9.17) is 0 Å². The van der Waals surface area contributed by atoms with Crippen molar-refractivity contribution in [2.45, 2.75) is 24.5 Å². The van der Waals surface area contributed by atoms with Gasteiger partial charge in [-0.1, -0.05) is 72.1 Å². The lowest BCUT2D eigenvalue weighted by Crippen LogP contribution is -2.18. The van der Waals surface area contributed by atoms with Crippen LogP contribution in [0.2, 0.25) is 0 Å². The largest absolute Gasteiger partial charge is 0.355 e. The van der Waals surface area contributed by atoms with Gasteiger partial charge in [-0.2, -0.15) is 15.3 Å². The number of nitrogens with zero attached hydrogens (tertiary/aromatic N) is 3. The predicted molar refractivity (Wildman–Crippen MR) is 269 cm³/mol. The molecule has 62 heavy (non-hydrogen) atoms. The van der Waals surface area contributed by atoms with E-state index < -0.39 is 0 Å². The molecule has 0 atom stereocenters. The van der Waals surface area contributed by atoms with E-state index in [9.17, 15) is 14.4 Å². The molecule has 3 aromatic heterocycles. The number of amides is 3. The van der Waals surface area contributed by atoms with Gasteiger partial charge in [0.1, 0.15) is 3.70 Å². The summed E-state index contributed by atoms with van der Waals surface area (Å²) in [5.74, 6) is -0.250. The lowest BCUT2D eigenvalue weighted by Gasteiger charge is -2.07. The summed E-state index contributed by atoms with van der Waals surface area (Å²) in [6.07, 6.45) is 3.62. The van der Waals surface area contributed by atoms with E-state index in [1.807, 2.05) is 103 Å². The quantitative estimate of drug-likeness (QED) is 0.0610. The van der Waals surface area contributed by atoms with E-state index in [1.54, 1.807) is 63.0 Å². The minimum atomic E-state index is -0.101. The number of benzene rings is 6. The summed E-state index contributed by atoms with van der Waals surface area (Å²) in [6, 6.07) is 40.7. The van der Waals surface area contributed by atoms with Crippen molar-refractivity contribution in [1.82, 2.24) is 46.5 Å². The average molecular weight is 1100 g/mol. The zero-order valence-electron chi connectivity index (χ0n) is 33.4. The Kier molecular flexibility index (Phi) is 16.9. The maximum Gasteiger partial charge on any atom is 0.252 e. The highest BCUT2D eigenvalue weighted by atomic mass is 127. The summed E-state index contributed by atoms with van der Waals surface area (Å²) in [5, 5.41) is 32.2. The average Bonchev–Trinajstić information content (AvgIpc) is 4.06. The Morgan fingerprint density at radius 2 is 1.05 bits per heavy atom. The smallest absolute Gasteiger partial charge is 0.252 e. The lowest BCUT2D eigenvalue weighted by molar-refractivity contribution is 0.0952. The summed E-state index contributed by atoms with van der Waals surface area (Å²) < 4.78 is 2.26. The fourth-order valence-electron chi connectivity index (χ4n) is 5.72. The van der Waals surface area contributed by atoms with Crippen LogP contribution in [0.4, 0.5) is 0 Å². The predicted octanol–water partition coefficient (Wildman–Crippen LogP) is 10.3. The number of fused-ring (bicyclic) bond motifs is 3.